The molecule has 0 bridgehead atoms. The maximum atomic E-state index is 5.89. The van der Waals surface area contributed by atoms with Crippen molar-refractivity contribution in [3.05, 3.63) is 24.5 Å². The van der Waals surface area contributed by atoms with Gasteiger partial charge in [0.25, 0.3) is 0 Å². The summed E-state index contributed by atoms with van der Waals surface area (Å²) in [6.45, 7) is 4.33. The molecular formula is C11H16N2O. The number of nitrogens with zero attached hydrogens (tertiary/aromatic N) is 1. The van der Waals surface area contributed by atoms with Crippen molar-refractivity contribution in [3.8, 4) is 5.75 Å². The molecule has 2 heterocycles. The van der Waals surface area contributed by atoms with Crippen LogP contribution in [0, 0.1) is 5.92 Å². The smallest absolute Gasteiger partial charge is 0.122 e. The minimum Gasteiger partial charge on any atom is -0.490 e. The van der Waals surface area contributed by atoms with Crippen molar-refractivity contribution in [1.29, 1.82) is 0 Å². The van der Waals surface area contributed by atoms with Gasteiger partial charge in [-0.3, -0.25) is 4.98 Å². The fourth-order valence-electron chi connectivity index (χ4n) is 1.76. The third-order valence-corrected chi connectivity index (χ3v) is 2.64. The van der Waals surface area contributed by atoms with Crippen LogP contribution in [0.4, 0.5) is 0 Å². The van der Waals surface area contributed by atoms with Crippen LogP contribution in [-0.4, -0.2) is 24.2 Å². The molecule has 1 aliphatic heterocycles. The Hall–Kier alpha value is -1.09. The highest BCUT2D eigenvalue weighted by atomic mass is 16.5. The summed E-state index contributed by atoms with van der Waals surface area (Å²) in [5, 5.41) is 3.36. The molecule has 2 atom stereocenters. The molecule has 3 nitrogen and oxygen atoms in total. The SMILES string of the molecule is C[C@H]1CNCC[C@@H]1Oc1ccncc1. The lowest BCUT2D eigenvalue weighted by molar-refractivity contribution is 0.112. The maximum absolute atomic E-state index is 5.89. The predicted octanol–water partition coefficient (Wildman–Crippen LogP) is 1.46. The van der Waals surface area contributed by atoms with E-state index in [2.05, 4.69) is 17.2 Å². The zero-order valence-electron chi connectivity index (χ0n) is 8.44. The molecule has 1 N–H and O–H groups in total. The molecule has 1 fully saturated rings. The van der Waals surface area contributed by atoms with E-state index in [1.54, 1.807) is 12.4 Å². The van der Waals surface area contributed by atoms with Gasteiger partial charge in [0.2, 0.25) is 0 Å². The van der Waals surface area contributed by atoms with Crippen LogP contribution in [0.25, 0.3) is 0 Å². The van der Waals surface area contributed by atoms with Crippen LogP contribution in [0.15, 0.2) is 24.5 Å². The first-order valence-corrected chi connectivity index (χ1v) is 5.13. The van der Waals surface area contributed by atoms with Gasteiger partial charge in [-0.1, -0.05) is 6.92 Å². The van der Waals surface area contributed by atoms with Crippen molar-refractivity contribution in [2.24, 2.45) is 5.92 Å². The van der Waals surface area contributed by atoms with E-state index in [0.717, 1.165) is 25.3 Å². The molecule has 2 rings (SSSR count). The van der Waals surface area contributed by atoms with Crippen molar-refractivity contribution in [3.63, 3.8) is 0 Å². The molecule has 0 radical (unpaired) electrons. The van der Waals surface area contributed by atoms with E-state index in [4.69, 9.17) is 4.74 Å². The van der Waals surface area contributed by atoms with Gasteiger partial charge in [-0.15, -0.1) is 0 Å². The second-order valence-electron chi connectivity index (χ2n) is 3.81. The lowest BCUT2D eigenvalue weighted by Crippen LogP contribution is -2.41. The summed E-state index contributed by atoms with van der Waals surface area (Å²) in [5.41, 5.74) is 0. The molecule has 76 valence electrons. The quantitative estimate of drug-likeness (QED) is 0.770. The van der Waals surface area contributed by atoms with Crippen LogP contribution >= 0.6 is 0 Å². The van der Waals surface area contributed by atoms with Crippen molar-refractivity contribution in [2.45, 2.75) is 19.4 Å². The van der Waals surface area contributed by atoms with Crippen LogP contribution in [0.5, 0.6) is 5.75 Å². The Morgan fingerprint density at radius 1 is 1.43 bits per heavy atom. The molecule has 0 aromatic carbocycles. The number of hydrogen-bond acceptors (Lipinski definition) is 3. The number of ether oxygens (including phenoxy) is 1. The summed E-state index contributed by atoms with van der Waals surface area (Å²) in [7, 11) is 0. The summed E-state index contributed by atoms with van der Waals surface area (Å²) in [6, 6.07) is 3.82. The van der Waals surface area contributed by atoms with Gasteiger partial charge in [0.1, 0.15) is 11.9 Å². The first kappa shape index (κ1) is 9.46. The summed E-state index contributed by atoms with van der Waals surface area (Å²) in [4.78, 5) is 3.97. The molecule has 1 aromatic rings. The molecule has 1 aliphatic rings. The van der Waals surface area contributed by atoms with E-state index in [1.165, 1.54) is 0 Å². The van der Waals surface area contributed by atoms with Crippen molar-refractivity contribution >= 4 is 0 Å². The molecule has 0 spiro atoms. The Balaban J connectivity index is 1.96. The van der Waals surface area contributed by atoms with Crippen LogP contribution in [0.3, 0.4) is 0 Å². The minimum absolute atomic E-state index is 0.346. The second kappa shape index (κ2) is 4.42. The van der Waals surface area contributed by atoms with E-state index in [0.29, 0.717) is 12.0 Å². The van der Waals surface area contributed by atoms with Crippen molar-refractivity contribution in [1.82, 2.24) is 10.3 Å². The van der Waals surface area contributed by atoms with Gasteiger partial charge in [-0.25, -0.2) is 0 Å². The highest BCUT2D eigenvalue weighted by molar-refractivity contribution is 5.17. The van der Waals surface area contributed by atoms with E-state index < -0.39 is 0 Å². The van der Waals surface area contributed by atoms with Gasteiger partial charge in [-0.2, -0.15) is 0 Å². The largest absolute Gasteiger partial charge is 0.490 e. The summed E-state index contributed by atoms with van der Waals surface area (Å²) >= 11 is 0. The summed E-state index contributed by atoms with van der Waals surface area (Å²) < 4.78 is 5.89. The molecule has 0 saturated carbocycles. The fraction of sp³-hybridized carbons (Fsp3) is 0.545. The fourth-order valence-corrected chi connectivity index (χ4v) is 1.76. The third kappa shape index (κ3) is 2.23. The first-order chi connectivity index (χ1) is 6.86. The highest BCUT2D eigenvalue weighted by Gasteiger charge is 2.22. The Bertz CT molecular complexity index is 276. The number of rotatable bonds is 2. The highest BCUT2D eigenvalue weighted by Crippen LogP contribution is 2.18. The number of piperidine rings is 1. The van der Waals surface area contributed by atoms with E-state index in [9.17, 15) is 0 Å². The van der Waals surface area contributed by atoms with Crippen LogP contribution in [0.2, 0.25) is 0 Å². The van der Waals surface area contributed by atoms with Gasteiger partial charge in [0.15, 0.2) is 0 Å². The van der Waals surface area contributed by atoms with Crippen molar-refractivity contribution < 1.29 is 4.74 Å². The summed E-state index contributed by atoms with van der Waals surface area (Å²) in [5.74, 6) is 1.51. The Morgan fingerprint density at radius 2 is 2.21 bits per heavy atom. The lowest BCUT2D eigenvalue weighted by Gasteiger charge is -2.29. The number of pyridine rings is 1. The van der Waals surface area contributed by atoms with E-state index >= 15 is 0 Å². The maximum Gasteiger partial charge on any atom is 0.122 e. The number of aromatic nitrogens is 1. The Morgan fingerprint density at radius 3 is 2.93 bits per heavy atom. The number of nitrogens with one attached hydrogen (secondary N) is 1. The van der Waals surface area contributed by atoms with Gasteiger partial charge < -0.3 is 10.1 Å². The normalized spacial score (nSPS) is 27.2. The van der Waals surface area contributed by atoms with Crippen molar-refractivity contribution in [2.75, 3.05) is 13.1 Å². The average Bonchev–Trinajstić information content (AvgIpc) is 2.23. The minimum atomic E-state index is 0.346. The third-order valence-electron chi connectivity index (χ3n) is 2.64. The second-order valence-corrected chi connectivity index (χ2v) is 3.81. The zero-order chi connectivity index (χ0) is 9.80. The molecule has 1 saturated heterocycles. The molecule has 0 amide bonds. The van der Waals surface area contributed by atoms with Gasteiger partial charge in [-0.05, 0) is 25.1 Å². The molecule has 1 aromatic heterocycles. The predicted molar refractivity (Wildman–Crippen MR) is 55.3 cm³/mol. The van der Waals surface area contributed by atoms with Gasteiger partial charge in [0.05, 0.1) is 0 Å². The zero-order valence-corrected chi connectivity index (χ0v) is 8.44. The molecule has 3 heteroatoms. The van der Waals surface area contributed by atoms with Gasteiger partial charge >= 0.3 is 0 Å². The van der Waals surface area contributed by atoms with Crippen LogP contribution in [0.1, 0.15) is 13.3 Å². The monoisotopic (exact) mass is 192 g/mol. The Kier molecular flexibility index (Phi) is 2.99. The Labute approximate surface area is 84.5 Å². The summed E-state index contributed by atoms with van der Waals surface area (Å²) in [6.07, 6.45) is 4.96. The molecule has 14 heavy (non-hydrogen) atoms. The van der Waals surface area contributed by atoms with E-state index in [-0.39, 0.29) is 0 Å². The van der Waals surface area contributed by atoms with Crippen LogP contribution < -0.4 is 10.1 Å². The van der Waals surface area contributed by atoms with Gasteiger partial charge in [0, 0.05) is 24.9 Å². The standard InChI is InChI=1S/C11H16N2O/c1-9-8-13-7-4-11(9)14-10-2-5-12-6-3-10/h2-3,5-6,9,11,13H,4,7-8H2,1H3/t9-,11-/m0/s1. The topological polar surface area (TPSA) is 34.1 Å². The first-order valence-electron chi connectivity index (χ1n) is 5.13. The van der Waals surface area contributed by atoms with E-state index in [1.807, 2.05) is 12.1 Å². The average molecular weight is 192 g/mol. The lowest BCUT2D eigenvalue weighted by atomic mass is 9.98. The molecular weight excluding hydrogens is 176 g/mol. The molecule has 0 aliphatic carbocycles. The van der Waals surface area contributed by atoms with Crippen LogP contribution in [-0.2, 0) is 0 Å². The number of hydrogen-bond donors (Lipinski definition) is 1. The molecule has 0 unspecified atom stereocenters.